The van der Waals surface area contributed by atoms with Gasteiger partial charge in [-0.15, -0.1) is 0 Å². The lowest BCUT2D eigenvalue weighted by atomic mass is 10.0. The smallest absolute Gasteiger partial charge is 0.207 e. The third-order valence-electron chi connectivity index (χ3n) is 4.41. The van der Waals surface area contributed by atoms with E-state index in [-0.39, 0.29) is 5.41 Å². The van der Waals surface area contributed by atoms with Crippen molar-refractivity contribution in [3.63, 3.8) is 0 Å². The fourth-order valence-electron chi connectivity index (χ4n) is 3.32. The fourth-order valence-corrected chi connectivity index (χ4v) is 4.88. The van der Waals surface area contributed by atoms with Crippen LogP contribution in [0.4, 0.5) is 0 Å². The largest absolute Gasteiger partial charge is 0.243 e. The van der Waals surface area contributed by atoms with Gasteiger partial charge in [0, 0.05) is 18.5 Å². The minimum atomic E-state index is -3.33. The highest BCUT2D eigenvalue weighted by atomic mass is 32.2. The standard InChI is InChI=1S/C16H21NO2S/c1-12(2)8-16-9-14(16)10-17(11-16)20(18,19)15-6-4-13(3)5-7-15/h4-8,14H,9-11H2,1-3H3. The molecule has 2 unspecified atom stereocenters. The lowest BCUT2D eigenvalue weighted by Gasteiger charge is -2.20. The third kappa shape index (κ3) is 2.21. The third-order valence-corrected chi connectivity index (χ3v) is 6.23. The number of sulfonamides is 1. The highest BCUT2D eigenvalue weighted by Crippen LogP contribution is 2.60. The molecule has 1 aromatic rings. The number of rotatable bonds is 3. The Morgan fingerprint density at radius 3 is 2.55 bits per heavy atom. The van der Waals surface area contributed by atoms with E-state index in [2.05, 4.69) is 19.9 Å². The molecule has 1 aliphatic carbocycles. The van der Waals surface area contributed by atoms with Crippen LogP contribution >= 0.6 is 0 Å². The van der Waals surface area contributed by atoms with Crippen molar-refractivity contribution >= 4 is 10.0 Å². The number of allylic oxidation sites excluding steroid dienone is 1. The fraction of sp³-hybridized carbons (Fsp3) is 0.500. The van der Waals surface area contributed by atoms with Crippen molar-refractivity contribution in [3.8, 4) is 0 Å². The van der Waals surface area contributed by atoms with Gasteiger partial charge in [-0.25, -0.2) is 8.42 Å². The Hall–Kier alpha value is -1.13. The van der Waals surface area contributed by atoms with Crippen LogP contribution in [0.2, 0.25) is 0 Å². The Labute approximate surface area is 121 Å². The summed E-state index contributed by atoms with van der Waals surface area (Å²) in [4.78, 5) is 0.414. The molecule has 0 amide bonds. The van der Waals surface area contributed by atoms with Crippen LogP contribution in [0.15, 0.2) is 40.8 Å². The van der Waals surface area contributed by atoms with Crippen LogP contribution in [-0.2, 0) is 10.0 Å². The second kappa shape index (κ2) is 4.43. The van der Waals surface area contributed by atoms with E-state index in [9.17, 15) is 8.42 Å². The molecule has 20 heavy (non-hydrogen) atoms. The van der Waals surface area contributed by atoms with Crippen molar-refractivity contribution in [2.45, 2.75) is 32.1 Å². The van der Waals surface area contributed by atoms with Crippen LogP contribution < -0.4 is 0 Å². The molecule has 2 fully saturated rings. The molecule has 3 nitrogen and oxygen atoms in total. The predicted molar refractivity (Wildman–Crippen MR) is 79.9 cm³/mol. The molecule has 0 spiro atoms. The summed E-state index contributed by atoms with van der Waals surface area (Å²) in [5, 5.41) is 0. The number of hydrogen-bond donors (Lipinski definition) is 0. The number of nitrogens with zero attached hydrogens (tertiary/aromatic N) is 1. The molecule has 0 radical (unpaired) electrons. The second-order valence-corrected chi connectivity index (χ2v) is 8.40. The Bertz CT molecular complexity index is 656. The molecule has 1 heterocycles. The van der Waals surface area contributed by atoms with Crippen molar-refractivity contribution in [1.29, 1.82) is 0 Å². The summed E-state index contributed by atoms with van der Waals surface area (Å²) in [5.41, 5.74) is 2.48. The van der Waals surface area contributed by atoms with E-state index in [0.717, 1.165) is 12.0 Å². The minimum Gasteiger partial charge on any atom is -0.207 e. The average Bonchev–Trinajstić information content (AvgIpc) is 2.89. The molecule has 0 aromatic heterocycles. The highest BCUT2D eigenvalue weighted by molar-refractivity contribution is 7.89. The van der Waals surface area contributed by atoms with E-state index in [4.69, 9.17) is 0 Å². The van der Waals surface area contributed by atoms with Gasteiger partial charge in [-0.2, -0.15) is 4.31 Å². The minimum absolute atomic E-state index is 0.122. The van der Waals surface area contributed by atoms with E-state index in [1.807, 2.05) is 19.1 Å². The van der Waals surface area contributed by atoms with E-state index in [0.29, 0.717) is 23.9 Å². The average molecular weight is 291 g/mol. The summed E-state index contributed by atoms with van der Waals surface area (Å²) in [5.74, 6) is 0.512. The predicted octanol–water partition coefficient (Wildman–Crippen LogP) is 2.97. The molecule has 2 aliphatic rings. The van der Waals surface area contributed by atoms with Gasteiger partial charge in [-0.1, -0.05) is 29.3 Å². The Morgan fingerprint density at radius 1 is 1.30 bits per heavy atom. The summed E-state index contributed by atoms with van der Waals surface area (Å²) in [7, 11) is -3.33. The quantitative estimate of drug-likeness (QED) is 0.803. The molecule has 3 rings (SSSR count). The van der Waals surface area contributed by atoms with Gasteiger partial charge in [0.1, 0.15) is 0 Å². The molecule has 4 heteroatoms. The molecule has 1 aliphatic heterocycles. The Kier molecular flexibility index (Phi) is 3.07. The van der Waals surface area contributed by atoms with Crippen LogP contribution in [0, 0.1) is 18.3 Å². The van der Waals surface area contributed by atoms with Gasteiger partial charge >= 0.3 is 0 Å². The van der Waals surface area contributed by atoms with Crippen LogP contribution in [0.5, 0.6) is 0 Å². The van der Waals surface area contributed by atoms with Crippen LogP contribution in [0.1, 0.15) is 25.8 Å². The second-order valence-electron chi connectivity index (χ2n) is 6.47. The van der Waals surface area contributed by atoms with Crippen LogP contribution in [0.25, 0.3) is 0 Å². The molecule has 2 atom stereocenters. The monoisotopic (exact) mass is 291 g/mol. The van der Waals surface area contributed by atoms with Gasteiger partial charge in [0.2, 0.25) is 10.0 Å². The Morgan fingerprint density at radius 2 is 1.95 bits per heavy atom. The van der Waals surface area contributed by atoms with Crippen molar-refractivity contribution in [2.75, 3.05) is 13.1 Å². The number of piperidine rings is 1. The zero-order valence-corrected chi connectivity index (χ0v) is 13.1. The summed E-state index contributed by atoms with van der Waals surface area (Å²) in [6.45, 7) is 7.44. The van der Waals surface area contributed by atoms with E-state index < -0.39 is 10.0 Å². The molecular weight excluding hydrogens is 270 g/mol. The molecule has 1 saturated heterocycles. The molecule has 108 valence electrons. The van der Waals surface area contributed by atoms with Gasteiger partial charge < -0.3 is 0 Å². The highest BCUT2D eigenvalue weighted by Gasteiger charge is 2.60. The van der Waals surface area contributed by atoms with E-state index >= 15 is 0 Å². The molecule has 1 aromatic carbocycles. The molecule has 1 saturated carbocycles. The van der Waals surface area contributed by atoms with Gasteiger partial charge in [0.25, 0.3) is 0 Å². The van der Waals surface area contributed by atoms with Crippen molar-refractivity contribution in [3.05, 3.63) is 41.5 Å². The van der Waals surface area contributed by atoms with E-state index in [1.165, 1.54) is 5.57 Å². The molecule has 0 N–H and O–H groups in total. The summed E-state index contributed by atoms with van der Waals surface area (Å²) in [6.07, 6.45) is 3.40. The number of aryl methyl sites for hydroxylation is 1. The maximum absolute atomic E-state index is 12.6. The topological polar surface area (TPSA) is 37.4 Å². The van der Waals surface area contributed by atoms with Gasteiger partial charge in [-0.3, -0.25) is 0 Å². The summed E-state index contributed by atoms with van der Waals surface area (Å²) < 4.78 is 26.9. The summed E-state index contributed by atoms with van der Waals surface area (Å²) >= 11 is 0. The van der Waals surface area contributed by atoms with Crippen LogP contribution in [0.3, 0.4) is 0 Å². The maximum atomic E-state index is 12.6. The number of hydrogen-bond acceptors (Lipinski definition) is 2. The zero-order chi connectivity index (χ0) is 14.5. The van der Waals surface area contributed by atoms with Gasteiger partial charge in [-0.05, 0) is 45.2 Å². The van der Waals surface area contributed by atoms with E-state index in [1.54, 1.807) is 16.4 Å². The molecule has 0 bridgehead atoms. The number of benzene rings is 1. The molecular formula is C16H21NO2S. The maximum Gasteiger partial charge on any atom is 0.243 e. The first kappa shape index (κ1) is 13.8. The lowest BCUT2D eigenvalue weighted by Crippen LogP contribution is -2.31. The zero-order valence-electron chi connectivity index (χ0n) is 12.3. The first-order chi connectivity index (χ1) is 9.33. The Balaban J connectivity index is 1.85. The van der Waals surface area contributed by atoms with Crippen molar-refractivity contribution < 1.29 is 8.42 Å². The lowest BCUT2D eigenvalue weighted by molar-refractivity contribution is 0.426. The first-order valence-corrected chi connectivity index (χ1v) is 8.50. The normalized spacial score (nSPS) is 29.1. The van der Waals surface area contributed by atoms with Gasteiger partial charge in [0.05, 0.1) is 4.90 Å². The number of fused-ring (bicyclic) bond motifs is 1. The first-order valence-electron chi connectivity index (χ1n) is 7.06. The van der Waals surface area contributed by atoms with Crippen LogP contribution in [-0.4, -0.2) is 25.8 Å². The SMILES string of the molecule is CC(C)=CC12CC1CN(S(=O)(=O)c1ccc(C)cc1)C2. The summed E-state index contributed by atoms with van der Waals surface area (Å²) in [6, 6.07) is 7.13. The van der Waals surface area contributed by atoms with Crippen molar-refractivity contribution in [1.82, 2.24) is 4.31 Å². The van der Waals surface area contributed by atoms with Gasteiger partial charge in [0.15, 0.2) is 0 Å². The van der Waals surface area contributed by atoms with Crippen molar-refractivity contribution in [2.24, 2.45) is 11.3 Å².